The molecule has 1 heterocycles. The van der Waals surface area contributed by atoms with Crippen LogP contribution in [0.1, 0.15) is 23.1 Å². The van der Waals surface area contributed by atoms with E-state index in [4.69, 9.17) is 10.5 Å². The van der Waals surface area contributed by atoms with Crippen LogP contribution in [0.3, 0.4) is 0 Å². The predicted octanol–water partition coefficient (Wildman–Crippen LogP) is 2.61. The molecule has 0 spiro atoms. The molecule has 0 fully saturated rings. The van der Waals surface area contributed by atoms with E-state index >= 15 is 0 Å². The molecule has 0 saturated heterocycles. The molecule has 2 aromatic carbocycles. The van der Waals surface area contributed by atoms with Crippen LogP contribution in [0.15, 0.2) is 42.5 Å². The Morgan fingerprint density at radius 3 is 2.71 bits per heavy atom. The van der Waals surface area contributed by atoms with E-state index in [1.165, 1.54) is 0 Å². The Balaban J connectivity index is 1.72. The number of nitrogens with two attached hydrogens (primary N) is 1. The van der Waals surface area contributed by atoms with Gasteiger partial charge in [-0.1, -0.05) is 24.3 Å². The standard InChI is InChI=1S/C17H18N2O2/c18-10-13-3-1-2-4-14(13)11-21-15-6-7-16-12(9-15)5-8-17(20)19-16/h1-4,6-7,9H,5,8,10-11,18H2,(H,19,20). The van der Waals surface area contributed by atoms with Crippen LogP contribution in [0.4, 0.5) is 5.69 Å². The second kappa shape index (κ2) is 5.97. The summed E-state index contributed by atoms with van der Waals surface area (Å²) in [6.07, 6.45) is 1.30. The molecule has 21 heavy (non-hydrogen) atoms. The molecule has 1 amide bonds. The van der Waals surface area contributed by atoms with E-state index in [0.717, 1.165) is 34.5 Å². The van der Waals surface area contributed by atoms with Gasteiger partial charge in [0.1, 0.15) is 12.4 Å². The Bertz CT molecular complexity index is 668. The van der Waals surface area contributed by atoms with Crippen molar-refractivity contribution in [2.24, 2.45) is 5.73 Å². The van der Waals surface area contributed by atoms with Gasteiger partial charge in [0.05, 0.1) is 0 Å². The van der Waals surface area contributed by atoms with Crippen molar-refractivity contribution in [2.75, 3.05) is 5.32 Å². The summed E-state index contributed by atoms with van der Waals surface area (Å²) in [6.45, 7) is 1.01. The first-order valence-electron chi connectivity index (χ1n) is 7.08. The zero-order valence-corrected chi connectivity index (χ0v) is 11.8. The molecule has 0 unspecified atom stereocenters. The molecule has 0 saturated carbocycles. The monoisotopic (exact) mass is 282 g/mol. The van der Waals surface area contributed by atoms with Gasteiger partial charge in [0, 0.05) is 18.7 Å². The quantitative estimate of drug-likeness (QED) is 0.906. The fourth-order valence-electron chi connectivity index (χ4n) is 2.51. The summed E-state index contributed by atoms with van der Waals surface area (Å²) < 4.78 is 5.86. The maximum absolute atomic E-state index is 11.3. The van der Waals surface area contributed by atoms with Crippen molar-refractivity contribution in [1.82, 2.24) is 0 Å². The molecule has 4 heteroatoms. The first kappa shape index (κ1) is 13.6. The van der Waals surface area contributed by atoms with Gasteiger partial charge < -0.3 is 15.8 Å². The SMILES string of the molecule is NCc1ccccc1COc1ccc2c(c1)CCC(=O)N2. The van der Waals surface area contributed by atoms with Crippen molar-refractivity contribution in [3.8, 4) is 5.75 Å². The Kier molecular flexibility index (Phi) is 3.88. The van der Waals surface area contributed by atoms with E-state index in [9.17, 15) is 4.79 Å². The number of benzene rings is 2. The number of ether oxygens (including phenoxy) is 1. The van der Waals surface area contributed by atoms with Gasteiger partial charge in [-0.25, -0.2) is 0 Å². The van der Waals surface area contributed by atoms with Gasteiger partial charge in [-0.3, -0.25) is 4.79 Å². The maximum atomic E-state index is 11.3. The third kappa shape index (κ3) is 3.06. The molecule has 0 atom stereocenters. The lowest BCUT2D eigenvalue weighted by molar-refractivity contribution is -0.116. The summed E-state index contributed by atoms with van der Waals surface area (Å²) in [4.78, 5) is 11.3. The highest BCUT2D eigenvalue weighted by atomic mass is 16.5. The minimum Gasteiger partial charge on any atom is -0.489 e. The number of rotatable bonds is 4. The minimum atomic E-state index is 0.0769. The molecule has 3 N–H and O–H groups in total. The number of carbonyl (C=O) groups is 1. The number of amides is 1. The molecule has 0 aromatic heterocycles. The lowest BCUT2D eigenvalue weighted by atomic mass is 10.0. The molecule has 0 bridgehead atoms. The van der Waals surface area contributed by atoms with E-state index in [1.54, 1.807) is 0 Å². The first-order chi connectivity index (χ1) is 10.3. The number of aryl methyl sites for hydroxylation is 1. The molecule has 4 nitrogen and oxygen atoms in total. The number of hydrogen-bond donors (Lipinski definition) is 2. The van der Waals surface area contributed by atoms with Gasteiger partial charge in [-0.2, -0.15) is 0 Å². The van der Waals surface area contributed by atoms with E-state index in [2.05, 4.69) is 5.32 Å². The highest BCUT2D eigenvalue weighted by Crippen LogP contribution is 2.27. The van der Waals surface area contributed by atoms with Crippen molar-refractivity contribution < 1.29 is 9.53 Å². The van der Waals surface area contributed by atoms with Crippen LogP contribution in [-0.2, 0) is 24.4 Å². The van der Waals surface area contributed by atoms with E-state index in [1.807, 2.05) is 42.5 Å². The topological polar surface area (TPSA) is 64.3 Å². The maximum Gasteiger partial charge on any atom is 0.224 e. The van der Waals surface area contributed by atoms with Crippen molar-refractivity contribution in [1.29, 1.82) is 0 Å². The predicted molar refractivity (Wildman–Crippen MR) is 82.1 cm³/mol. The molecule has 0 radical (unpaired) electrons. The Morgan fingerprint density at radius 2 is 1.90 bits per heavy atom. The summed E-state index contributed by atoms with van der Waals surface area (Å²) in [5, 5.41) is 2.87. The Labute approximate surface area is 123 Å². The van der Waals surface area contributed by atoms with Crippen LogP contribution in [-0.4, -0.2) is 5.91 Å². The summed E-state index contributed by atoms with van der Waals surface area (Å²) >= 11 is 0. The van der Waals surface area contributed by atoms with Crippen LogP contribution in [0.2, 0.25) is 0 Å². The van der Waals surface area contributed by atoms with Gasteiger partial charge >= 0.3 is 0 Å². The van der Waals surface area contributed by atoms with Gasteiger partial charge in [-0.05, 0) is 41.3 Å². The van der Waals surface area contributed by atoms with Gasteiger partial charge in [-0.15, -0.1) is 0 Å². The largest absolute Gasteiger partial charge is 0.489 e. The van der Waals surface area contributed by atoms with Crippen molar-refractivity contribution >= 4 is 11.6 Å². The Morgan fingerprint density at radius 1 is 1.10 bits per heavy atom. The lowest BCUT2D eigenvalue weighted by Gasteiger charge is -2.18. The van der Waals surface area contributed by atoms with E-state index < -0.39 is 0 Å². The molecule has 1 aliphatic rings. The zero-order chi connectivity index (χ0) is 14.7. The van der Waals surface area contributed by atoms with Crippen molar-refractivity contribution in [3.63, 3.8) is 0 Å². The Hall–Kier alpha value is -2.33. The third-order valence-electron chi connectivity index (χ3n) is 3.70. The van der Waals surface area contributed by atoms with Crippen molar-refractivity contribution in [2.45, 2.75) is 26.0 Å². The van der Waals surface area contributed by atoms with E-state index in [-0.39, 0.29) is 5.91 Å². The fourth-order valence-corrected chi connectivity index (χ4v) is 2.51. The van der Waals surface area contributed by atoms with Gasteiger partial charge in [0.2, 0.25) is 5.91 Å². The summed E-state index contributed by atoms with van der Waals surface area (Å²) in [6, 6.07) is 13.8. The molecular formula is C17H18N2O2. The summed E-state index contributed by atoms with van der Waals surface area (Å²) in [5.41, 5.74) is 9.94. The van der Waals surface area contributed by atoms with Crippen LogP contribution in [0.5, 0.6) is 5.75 Å². The lowest BCUT2D eigenvalue weighted by Crippen LogP contribution is -2.18. The number of fused-ring (bicyclic) bond motifs is 1. The summed E-state index contributed by atoms with van der Waals surface area (Å²) in [7, 11) is 0. The average molecular weight is 282 g/mol. The van der Waals surface area contributed by atoms with Crippen LogP contribution in [0.25, 0.3) is 0 Å². The smallest absolute Gasteiger partial charge is 0.224 e. The second-order valence-corrected chi connectivity index (χ2v) is 5.13. The van der Waals surface area contributed by atoms with Crippen LogP contribution in [0, 0.1) is 0 Å². The van der Waals surface area contributed by atoms with Gasteiger partial charge in [0.25, 0.3) is 0 Å². The zero-order valence-electron chi connectivity index (χ0n) is 11.8. The molecular weight excluding hydrogens is 264 g/mol. The molecule has 1 aliphatic heterocycles. The molecule has 2 aromatic rings. The highest BCUT2D eigenvalue weighted by molar-refractivity contribution is 5.93. The van der Waals surface area contributed by atoms with E-state index in [0.29, 0.717) is 19.6 Å². The highest BCUT2D eigenvalue weighted by Gasteiger charge is 2.15. The third-order valence-corrected chi connectivity index (χ3v) is 3.70. The average Bonchev–Trinajstić information content (AvgIpc) is 2.53. The van der Waals surface area contributed by atoms with Gasteiger partial charge in [0.15, 0.2) is 0 Å². The summed E-state index contributed by atoms with van der Waals surface area (Å²) in [5.74, 6) is 0.893. The normalized spacial score (nSPS) is 13.5. The minimum absolute atomic E-state index is 0.0769. The number of nitrogens with one attached hydrogen (secondary N) is 1. The fraction of sp³-hybridized carbons (Fsp3) is 0.235. The molecule has 108 valence electrons. The van der Waals surface area contributed by atoms with Crippen LogP contribution < -0.4 is 15.8 Å². The van der Waals surface area contributed by atoms with Crippen molar-refractivity contribution in [3.05, 3.63) is 59.2 Å². The molecule has 3 rings (SSSR count). The number of hydrogen-bond acceptors (Lipinski definition) is 3. The van der Waals surface area contributed by atoms with Crippen LogP contribution >= 0.6 is 0 Å². The number of carbonyl (C=O) groups excluding carboxylic acids is 1. The second-order valence-electron chi connectivity index (χ2n) is 5.13. The number of anilines is 1. The first-order valence-corrected chi connectivity index (χ1v) is 7.08. The molecule has 0 aliphatic carbocycles.